The van der Waals surface area contributed by atoms with E-state index in [1.54, 1.807) is 12.1 Å². The zero-order chi connectivity index (χ0) is 23.1. The maximum absolute atomic E-state index is 11.0. The molecule has 31 heavy (non-hydrogen) atoms. The van der Waals surface area contributed by atoms with E-state index in [1.165, 1.54) is 0 Å². The van der Waals surface area contributed by atoms with Crippen molar-refractivity contribution in [2.24, 2.45) is 0 Å². The van der Waals surface area contributed by atoms with Gasteiger partial charge in [-0.3, -0.25) is 0 Å². The van der Waals surface area contributed by atoms with Crippen LogP contribution in [0.1, 0.15) is 43.6 Å². The first kappa shape index (κ1) is 25.1. The van der Waals surface area contributed by atoms with Gasteiger partial charge in [-0.25, -0.2) is 4.79 Å². The van der Waals surface area contributed by atoms with Gasteiger partial charge in [0, 0.05) is 12.6 Å². The zero-order valence-corrected chi connectivity index (χ0v) is 20.6. The van der Waals surface area contributed by atoms with Gasteiger partial charge in [0.05, 0.1) is 11.7 Å². The molecule has 0 unspecified atom stereocenters. The summed E-state index contributed by atoms with van der Waals surface area (Å²) in [5.74, 6) is -0.0559. The van der Waals surface area contributed by atoms with Crippen LogP contribution in [0.2, 0.25) is 18.1 Å². The van der Waals surface area contributed by atoms with Crippen molar-refractivity contribution >= 4 is 14.3 Å². The summed E-state index contributed by atoms with van der Waals surface area (Å²) in [6.07, 6.45) is 0.754. The summed E-state index contributed by atoms with van der Waals surface area (Å²) in [6.45, 7) is 14.6. The lowest BCUT2D eigenvalue weighted by Crippen LogP contribution is -2.49. The molecule has 0 saturated carbocycles. The fourth-order valence-corrected chi connectivity index (χ4v) is 4.31. The van der Waals surface area contributed by atoms with Crippen molar-refractivity contribution in [1.29, 1.82) is 0 Å². The van der Waals surface area contributed by atoms with Gasteiger partial charge in [0.2, 0.25) is 0 Å². The zero-order valence-electron chi connectivity index (χ0n) is 19.6. The largest absolute Gasteiger partial charge is 0.491 e. The topological polar surface area (TPSA) is 67.8 Å². The van der Waals surface area contributed by atoms with Crippen LogP contribution < -0.4 is 10.1 Å². The molecule has 0 radical (unpaired) electrons. The van der Waals surface area contributed by atoms with E-state index < -0.39 is 14.3 Å². The Morgan fingerprint density at radius 3 is 2.23 bits per heavy atom. The first-order chi connectivity index (χ1) is 14.5. The third kappa shape index (κ3) is 8.13. The minimum Gasteiger partial charge on any atom is -0.491 e. The number of carboxylic acids is 1. The highest BCUT2D eigenvalue weighted by Gasteiger charge is 2.39. The summed E-state index contributed by atoms with van der Waals surface area (Å²) in [7, 11) is -1.94. The molecule has 5 nitrogen and oxygen atoms in total. The number of hydrogen-bond acceptors (Lipinski definition) is 4. The maximum atomic E-state index is 11.0. The molecule has 2 N–H and O–H groups in total. The summed E-state index contributed by atoms with van der Waals surface area (Å²) >= 11 is 0. The molecular weight excluding hydrogens is 406 g/mol. The van der Waals surface area contributed by atoms with E-state index in [4.69, 9.17) is 14.3 Å². The molecule has 0 saturated heterocycles. The van der Waals surface area contributed by atoms with Crippen LogP contribution in [0.5, 0.6) is 5.75 Å². The Morgan fingerprint density at radius 1 is 1.06 bits per heavy atom. The molecule has 2 atom stereocenters. The molecule has 0 fully saturated rings. The summed E-state index contributed by atoms with van der Waals surface area (Å²) < 4.78 is 12.7. The Bertz CT molecular complexity index is 816. The lowest BCUT2D eigenvalue weighted by molar-refractivity contribution is 0.0697. The first-order valence-corrected chi connectivity index (χ1v) is 13.8. The van der Waals surface area contributed by atoms with E-state index in [-0.39, 0.29) is 17.2 Å². The Kier molecular flexibility index (Phi) is 8.86. The average Bonchev–Trinajstić information content (AvgIpc) is 2.70. The normalized spacial score (nSPS) is 14.1. The van der Waals surface area contributed by atoms with Crippen molar-refractivity contribution in [3.8, 4) is 5.75 Å². The van der Waals surface area contributed by atoms with Crippen molar-refractivity contribution < 1.29 is 19.1 Å². The van der Waals surface area contributed by atoms with Gasteiger partial charge in [-0.1, -0.05) is 51.1 Å². The molecule has 0 bridgehead atoms. The smallest absolute Gasteiger partial charge is 0.335 e. The van der Waals surface area contributed by atoms with E-state index in [1.807, 2.05) is 42.5 Å². The first-order valence-electron chi connectivity index (χ1n) is 10.9. The van der Waals surface area contributed by atoms with Crippen LogP contribution in [-0.2, 0) is 10.8 Å². The summed E-state index contributed by atoms with van der Waals surface area (Å²) in [6, 6.07) is 17.1. The molecule has 0 aliphatic carbocycles. The molecule has 0 spiro atoms. The molecule has 6 heteroatoms. The van der Waals surface area contributed by atoms with Crippen LogP contribution in [0.3, 0.4) is 0 Å². The third-order valence-electron chi connectivity index (χ3n) is 5.88. The van der Waals surface area contributed by atoms with E-state index in [0.29, 0.717) is 18.7 Å². The number of aromatic carboxylic acids is 1. The highest BCUT2D eigenvalue weighted by molar-refractivity contribution is 6.74. The van der Waals surface area contributed by atoms with E-state index in [2.05, 4.69) is 46.1 Å². The van der Waals surface area contributed by atoms with Crippen molar-refractivity contribution in [3.63, 3.8) is 0 Å². The molecule has 0 aliphatic heterocycles. The molecule has 2 aromatic rings. The second-order valence-corrected chi connectivity index (χ2v) is 14.4. The van der Waals surface area contributed by atoms with Crippen molar-refractivity contribution in [3.05, 3.63) is 65.7 Å². The number of hydrogen-bond donors (Lipinski definition) is 2. The van der Waals surface area contributed by atoms with Crippen LogP contribution >= 0.6 is 0 Å². The van der Waals surface area contributed by atoms with E-state index >= 15 is 0 Å². The van der Waals surface area contributed by atoms with Crippen LogP contribution in [-0.4, -0.2) is 44.7 Å². The van der Waals surface area contributed by atoms with Gasteiger partial charge in [0.25, 0.3) is 0 Å². The Morgan fingerprint density at radius 2 is 1.68 bits per heavy atom. The monoisotopic (exact) mass is 443 g/mol. The highest BCUT2D eigenvalue weighted by Crippen LogP contribution is 2.37. The lowest BCUT2D eigenvalue weighted by Gasteiger charge is -2.39. The predicted octanol–water partition coefficient (Wildman–Crippen LogP) is 5.37. The summed E-state index contributed by atoms with van der Waals surface area (Å²) in [5.41, 5.74) is 1.41. The number of nitrogens with one attached hydrogen (secondary N) is 1. The molecule has 0 aromatic heterocycles. The maximum Gasteiger partial charge on any atom is 0.335 e. The van der Waals surface area contributed by atoms with Crippen molar-refractivity contribution in [1.82, 2.24) is 5.32 Å². The Balaban J connectivity index is 1.97. The van der Waals surface area contributed by atoms with Gasteiger partial charge in [-0.15, -0.1) is 0 Å². The van der Waals surface area contributed by atoms with Crippen LogP contribution in [0.15, 0.2) is 54.6 Å². The van der Waals surface area contributed by atoms with Crippen LogP contribution in [0.25, 0.3) is 0 Å². The van der Waals surface area contributed by atoms with Gasteiger partial charge >= 0.3 is 5.97 Å². The molecule has 0 aliphatic rings. The van der Waals surface area contributed by atoms with Crippen molar-refractivity contribution in [2.45, 2.75) is 64.4 Å². The molecule has 2 rings (SSSR count). The second-order valence-electron chi connectivity index (χ2n) is 9.64. The SMILES string of the molecule is C[C@@H](Cc1ccc(C(=O)O)cc1)NC[C@@H](COc1ccccc1)O[Si](C)(C)C(C)(C)C. The van der Waals surface area contributed by atoms with Gasteiger partial charge in [-0.2, -0.15) is 0 Å². The predicted molar refractivity (Wildman–Crippen MR) is 129 cm³/mol. The van der Waals surface area contributed by atoms with Gasteiger partial charge in [-0.05, 0) is 61.3 Å². The minimum absolute atomic E-state index is 0.0575. The van der Waals surface area contributed by atoms with E-state index in [0.717, 1.165) is 17.7 Å². The fraction of sp³-hybridized carbons (Fsp3) is 0.480. The Labute approximate surface area is 187 Å². The molecule has 170 valence electrons. The third-order valence-corrected chi connectivity index (χ3v) is 10.4. The second kappa shape index (κ2) is 10.9. The molecular formula is C25H37NO4Si. The summed E-state index contributed by atoms with van der Waals surface area (Å²) in [4.78, 5) is 11.0. The summed E-state index contributed by atoms with van der Waals surface area (Å²) in [5, 5.41) is 12.8. The van der Waals surface area contributed by atoms with Gasteiger partial charge in [0.15, 0.2) is 8.32 Å². The lowest BCUT2D eigenvalue weighted by atomic mass is 10.1. The van der Waals surface area contributed by atoms with Crippen LogP contribution in [0.4, 0.5) is 0 Å². The van der Waals surface area contributed by atoms with Crippen molar-refractivity contribution in [2.75, 3.05) is 13.2 Å². The Hall–Kier alpha value is -2.15. The number of ether oxygens (including phenoxy) is 1. The number of para-hydroxylation sites is 1. The molecule has 0 heterocycles. The molecule has 2 aromatic carbocycles. The number of benzene rings is 2. The van der Waals surface area contributed by atoms with Gasteiger partial charge < -0.3 is 19.6 Å². The quantitative estimate of drug-likeness (QED) is 0.457. The molecule has 0 amide bonds. The highest BCUT2D eigenvalue weighted by atomic mass is 28.4. The minimum atomic E-state index is -1.94. The van der Waals surface area contributed by atoms with Crippen LogP contribution in [0, 0.1) is 0 Å². The van der Waals surface area contributed by atoms with E-state index in [9.17, 15) is 4.79 Å². The fourth-order valence-electron chi connectivity index (χ4n) is 2.98. The van der Waals surface area contributed by atoms with Gasteiger partial charge in [0.1, 0.15) is 12.4 Å². The average molecular weight is 444 g/mol. The number of carboxylic acid groups (broad SMARTS) is 1. The number of carbonyl (C=O) groups is 1. The standard InChI is InChI=1S/C25H37NO4Si/c1-19(16-20-12-14-21(15-13-20)24(27)28)26-17-23(30-31(5,6)25(2,3)4)18-29-22-10-8-7-9-11-22/h7-15,19,23,26H,16-18H2,1-6H3,(H,27,28)/t19-,23-/m0/s1. The number of rotatable bonds is 11.